The third-order valence-electron chi connectivity index (χ3n) is 3.42. The van der Waals surface area contributed by atoms with Crippen molar-refractivity contribution >= 4 is 10.0 Å². The summed E-state index contributed by atoms with van der Waals surface area (Å²) in [5.41, 5.74) is 6.76. The number of nitrogens with zero attached hydrogens (tertiary/aromatic N) is 1. The minimum Gasteiger partial charge on any atom is -0.320 e. The molecule has 0 aliphatic heterocycles. The Bertz CT molecular complexity index is 652. The molecule has 0 unspecified atom stereocenters. The van der Waals surface area contributed by atoms with Crippen LogP contribution in [-0.2, 0) is 10.0 Å². The van der Waals surface area contributed by atoms with E-state index in [1.165, 1.54) is 4.31 Å². The summed E-state index contributed by atoms with van der Waals surface area (Å²) in [7, 11) is -1.79. The van der Waals surface area contributed by atoms with Crippen LogP contribution in [-0.4, -0.2) is 32.9 Å². The highest BCUT2D eigenvalue weighted by Gasteiger charge is 2.29. The third kappa shape index (κ3) is 3.40. The van der Waals surface area contributed by atoms with Crippen LogP contribution in [0.1, 0.15) is 24.0 Å². The van der Waals surface area contributed by atoms with Gasteiger partial charge in [0.1, 0.15) is 0 Å². The van der Waals surface area contributed by atoms with E-state index in [1.54, 1.807) is 26.1 Å². The van der Waals surface area contributed by atoms with E-state index in [1.807, 2.05) is 6.07 Å². The molecule has 0 aromatic heterocycles. The first-order chi connectivity index (χ1) is 9.45. The molecule has 1 saturated carbocycles. The van der Waals surface area contributed by atoms with Gasteiger partial charge in [0, 0.05) is 19.2 Å². The maximum atomic E-state index is 12.6. The van der Waals surface area contributed by atoms with E-state index in [0.717, 1.165) is 18.4 Å². The van der Waals surface area contributed by atoms with Gasteiger partial charge >= 0.3 is 0 Å². The van der Waals surface area contributed by atoms with Crippen molar-refractivity contribution in [3.63, 3.8) is 0 Å². The van der Waals surface area contributed by atoms with Crippen molar-refractivity contribution in [1.29, 1.82) is 0 Å². The van der Waals surface area contributed by atoms with Crippen LogP contribution in [0.3, 0.4) is 0 Å². The number of hydrogen-bond acceptors (Lipinski definition) is 3. The minimum absolute atomic E-state index is 0.261. The molecule has 5 heteroatoms. The third-order valence-corrected chi connectivity index (χ3v) is 5.39. The molecule has 108 valence electrons. The van der Waals surface area contributed by atoms with Crippen LogP contribution in [0.25, 0.3) is 0 Å². The summed E-state index contributed by atoms with van der Waals surface area (Å²) >= 11 is 0. The van der Waals surface area contributed by atoms with Gasteiger partial charge in [0.15, 0.2) is 0 Å². The lowest BCUT2D eigenvalue weighted by Gasteiger charge is -2.18. The Balaban J connectivity index is 2.33. The predicted octanol–water partition coefficient (Wildman–Crippen LogP) is 1.34. The first-order valence-corrected chi connectivity index (χ1v) is 8.15. The maximum absolute atomic E-state index is 12.6. The minimum atomic E-state index is -3.44. The van der Waals surface area contributed by atoms with Gasteiger partial charge in [-0.15, -0.1) is 0 Å². The highest BCUT2D eigenvalue weighted by Crippen LogP contribution is 2.31. The van der Waals surface area contributed by atoms with Crippen molar-refractivity contribution in [3.05, 3.63) is 29.3 Å². The Morgan fingerprint density at radius 1 is 1.40 bits per heavy atom. The monoisotopic (exact) mass is 292 g/mol. The second-order valence-corrected chi connectivity index (χ2v) is 7.23. The van der Waals surface area contributed by atoms with Crippen LogP contribution in [0.2, 0.25) is 0 Å². The first kappa shape index (κ1) is 15.0. The van der Waals surface area contributed by atoms with Crippen molar-refractivity contribution in [2.75, 3.05) is 20.1 Å². The van der Waals surface area contributed by atoms with Gasteiger partial charge in [-0.25, -0.2) is 12.7 Å². The van der Waals surface area contributed by atoms with Crippen LogP contribution in [0.5, 0.6) is 0 Å². The van der Waals surface area contributed by atoms with Crippen LogP contribution in [0.15, 0.2) is 23.1 Å². The maximum Gasteiger partial charge on any atom is 0.243 e. The van der Waals surface area contributed by atoms with Crippen LogP contribution in [0, 0.1) is 24.7 Å². The number of sulfonamides is 1. The number of nitrogens with two attached hydrogens (primary N) is 1. The molecule has 0 spiro atoms. The molecule has 1 fully saturated rings. The molecule has 0 saturated heterocycles. The fraction of sp³-hybridized carbons (Fsp3) is 0.467. The largest absolute Gasteiger partial charge is 0.320 e. The number of rotatable bonds is 4. The van der Waals surface area contributed by atoms with Crippen molar-refractivity contribution in [3.8, 4) is 11.8 Å². The molecular weight excluding hydrogens is 272 g/mol. The second kappa shape index (κ2) is 5.96. The lowest BCUT2D eigenvalue weighted by molar-refractivity contribution is 0.452. The zero-order valence-electron chi connectivity index (χ0n) is 11.9. The zero-order valence-corrected chi connectivity index (χ0v) is 12.7. The Hall–Kier alpha value is -1.35. The lowest BCUT2D eigenvalue weighted by Crippen LogP contribution is -2.29. The van der Waals surface area contributed by atoms with Crippen LogP contribution >= 0.6 is 0 Å². The summed E-state index contributed by atoms with van der Waals surface area (Å²) in [6, 6.07) is 5.24. The molecule has 1 aliphatic carbocycles. The normalized spacial score (nSPS) is 15.0. The van der Waals surface area contributed by atoms with Crippen molar-refractivity contribution in [2.45, 2.75) is 24.7 Å². The van der Waals surface area contributed by atoms with E-state index in [0.29, 0.717) is 22.9 Å². The molecule has 1 aliphatic rings. The van der Waals surface area contributed by atoms with Crippen molar-refractivity contribution in [1.82, 2.24) is 4.31 Å². The summed E-state index contributed by atoms with van der Waals surface area (Å²) in [5.74, 6) is 6.15. The second-order valence-electron chi connectivity index (χ2n) is 5.22. The summed E-state index contributed by atoms with van der Waals surface area (Å²) in [5, 5.41) is 0. The number of aryl methyl sites for hydroxylation is 1. The standard InChI is InChI=1S/C15H20N2O2S/c1-12-5-6-13(4-3-9-16)10-15(12)20(18,19)17(2)11-14-7-8-14/h5-6,10,14H,7-9,11,16H2,1-2H3. The van der Waals surface area contributed by atoms with E-state index < -0.39 is 10.0 Å². The van der Waals surface area contributed by atoms with Gasteiger partial charge in [0.25, 0.3) is 0 Å². The summed E-state index contributed by atoms with van der Waals surface area (Å²) in [6.07, 6.45) is 2.25. The highest BCUT2D eigenvalue weighted by atomic mass is 32.2. The molecule has 20 heavy (non-hydrogen) atoms. The molecule has 0 atom stereocenters. The molecular formula is C15H20N2O2S. The molecule has 0 heterocycles. The average Bonchev–Trinajstić information content (AvgIpc) is 3.21. The fourth-order valence-electron chi connectivity index (χ4n) is 2.04. The van der Waals surface area contributed by atoms with E-state index >= 15 is 0 Å². The lowest BCUT2D eigenvalue weighted by atomic mass is 10.1. The molecule has 0 radical (unpaired) electrons. The van der Waals surface area contributed by atoms with Crippen LogP contribution < -0.4 is 5.73 Å². The Kier molecular flexibility index (Phi) is 4.48. The molecule has 4 nitrogen and oxygen atoms in total. The zero-order chi connectivity index (χ0) is 14.8. The van der Waals surface area contributed by atoms with Crippen molar-refractivity contribution < 1.29 is 8.42 Å². The molecule has 0 amide bonds. The Morgan fingerprint density at radius 3 is 2.70 bits per heavy atom. The van der Waals surface area contributed by atoms with E-state index in [9.17, 15) is 8.42 Å². The fourth-order valence-corrected chi connectivity index (χ4v) is 3.53. The molecule has 2 N–H and O–H groups in total. The van der Waals surface area contributed by atoms with Gasteiger partial charge in [-0.2, -0.15) is 0 Å². The molecule has 0 bridgehead atoms. The van der Waals surface area contributed by atoms with E-state index in [2.05, 4.69) is 11.8 Å². The van der Waals surface area contributed by atoms with Gasteiger partial charge in [0.05, 0.1) is 11.4 Å². The summed E-state index contributed by atoms with van der Waals surface area (Å²) in [6.45, 7) is 2.66. The molecule has 2 rings (SSSR count). The van der Waals surface area contributed by atoms with E-state index in [-0.39, 0.29) is 6.54 Å². The van der Waals surface area contributed by atoms with Gasteiger partial charge in [0.2, 0.25) is 10.0 Å². The quantitative estimate of drug-likeness (QED) is 0.852. The Morgan fingerprint density at radius 2 is 2.10 bits per heavy atom. The topological polar surface area (TPSA) is 63.4 Å². The number of benzene rings is 1. The van der Waals surface area contributed by atoms with Gasteiger partial charge in [-0.3, -0.25) is 0 Å². The highest BCUT2D eigenvalue weighted by molar-refractivity contribution is 7.89. The molecule has 1 aromatic carbocycles. The van der Waals surface area contributed by atoms with Gasteiger partial charge in [-0.05, 0) is 43.4 Å². The summed E-state index contributed by atoms with van der Waals surface area (Å²) < 4.78 is 26.6. The number of hydrogen-bond donors (Lipinski definition) is 1. The van der Waals surface area contributed by atoms with Gasteiger partial charge in [-0.1, -0.05) is 17.9 Å². The van der Waals surface area contributed by atoms with Gasteiger partial charge < -0.3 is 5.73 Å². The predicted molar refractivity (Wildman–Crippen MR) is 79.7 cm³/mol. The Labute approximate surface area is 121 Å². The van der Waals surface area contributed by atoms with Crippen molar-refractivity contribution in [2.24, 2.45) is 11.7 Å². The van der Waals surface area contributed by atoms with E-state index in [4.69, 9.17) is 5.73 Å². The average molecular weight is 292 g/mol. The molecule has 1 aromatic rings. The first-order valence-electron chi connectivity index (χ1n) is 6.71. The van der Waals surface area contributed by atoms with Crippen LogP contribution in [0.4, 0.5) is 0 Å². The smallest absolute Gasteiger partial charge is 0.243 e. The summed E-state index contributed by atoms with van der Waals surface area (Å²) in [4.78, 5) is 0.337. The SMILES string of the molecule is Cc1ccc(C#CCN)cc1S(=O)(=O)N(C)CC1CC1.